The minimum Gasteiger partial charge on any atom is -0.497 e. The van der Waals surface area contributed by atoms with Crippen molar-refractivity contribution >= 4 is 23.8 Å². The fourth-order valence-electron chi connectivity index (χ4n) is 8.13. The summed E-state index contributed by atoms with van der Waals surface area (Å²) >= 11 is 0. The van der Waals surface area contributed by atoms with Gasteiger partial charge in [0, 0.05) is 26.2 Å². The van der Waals surface area contributed by atoms with Crippen molar-refractivity contribution < 1.29 is 48.3 Å². The summed E-state index contributed by atoms with van der Waals surface area (Å²) in [6, 6.07) is 47.7. The highest BCUT2D eigenvalue weighted by atomic mass is 16.5. The molecular formula is C52H50N2O10. The molecule has 328 valence electrons. The highest BCUT2D eigenvalue weighted by Gasteiger charge is 2.64. The summed E-state index contributed by atoms with van der Waals surface area (Å²) in [5.74, 6) is -6.63. The quantitative estimate of drug-likeness (QED) is 0.0762. The SMILES string of the molecule is COc1cccc(CCN(Cc2ccc(Oc3ccccc3)cc2)C(=O)C2C(C(=O)O)C(C(=O)N(CCc3cccc(OC)c3)Cc3ccc(Oc4ccccc4)cc3)C2C(=O)O)c1. The Bertz CT molecular complexity index is 2330. The number of para-hydroxylation sites is 2. The van der Waals surface area contributed by atoms with Gasteiger partial charge in [0.1, 0.15) is 34.5 Å². The van der Waals surface area contributed by atoms with Crippen LogP contribution in [0.3, 0.4) is 0 Å². The first kappa shape index (κ1) is 44.5. The Morgan fingerprint density at radius 3 is 1.11 bits per heavy atom. The van der Waals surface area contributed by atoms with Gasteiger partial charge in [-0.2, -0.15) is 0 Å². The van der Waals surface area contributed by atoms with Crippen LogP contribution in [0.15, 0.2) is 158 Å². The van der Waals surface area contributed by atoms with Crippen LogP contribution in [0.25, 0.3) is 0 Å². The molecule has 7 rings (SSSR count). The molecule has 12 nitrogen and oxygen atoms in total. The Kier molecular flexibility index (Phi) is 14.6. The number of hydrogen-bond donors (Lipinski definition) is 2. The molecule has 0 spiro atoms. The fourth-order valence-corrected chi connectivity index (χ4v) is 8.13. The number of rotatable bonds is 20. The zero-order chi connectivity index (χ0) is 45.0. The first-order valence-corrected chi connectivity index (χ1v) is 21.0. The molecule has 0 bridgehead atoms. The summed E-state index contributed by atoms with van der Waals surface area (Å²) in [6.07, 6.45) is 0.742. The normalized spacial score (nSPS) is 16.4. The van der Waals surface area contributed by atoms with Crippen molar-refractivity contribution in [1.29, 1.82) is 0 Å². The second kappa shape index (κ2) is 21.0. The van der Waals surface area contributed by atoms with Crippen molar-refractivity contribution in [1.82, 2.24) is 9.80 Å². The number of methoxy groups -OCH3 is 2. The Morgan fingerprint density at radius 1 is 0.422 bits per heavy atom. The Labute approximate surface area is 372 Å². The van der Waals surface area contributed by atoms with Gasteiger partial charge >= 0.3 is 11.9 Å². The van der Waals surface area contributed by atoms with Gasteiger partial charge in [-0.15, -0.1) is 0 Å². The maximum absolute atomic E-state index is 14.8. The highest BCUT2D eigenvalue weighted by Crippen LogP contribution is 2.49. The Hall–Kier alpha value is -7.60. The molecule has 1 saturated carbocycles. The van der Waals surface area contributed by atoms with Crippen LogP contribution in [0.5, 0.6) is 34.5 Å². The van der Waals surface area contributed by atoms with Gasteiger partial charge in [0.2, 0.25) is 11.8 Å². The first-order chi connectivity index (χ1) is 31.1. The number of ether oxygens (including phenoxy) is 4. The van der Waals surface area contributed by atoms with Gasteiger partial charge in [-0.3, -0.25) is 19.2 Å². The molecule has 0 saturated heterocycles. The molecule has 0 aromatic heterocycles. The Morgan fingerprint density at radius 2 is 0.766 bits per heavy atom. The zero-order valence-electron chi connectivity index (χ0n) is 35.6. The van der Waals surface area contributed by atoms with E-state index >= 15 is 0 Å². The van der Waals surface area contributed by atoms with Crippen molar-refractivity contribution in [3.05, 3.63) is 180 Å². The van der Waals surface area contributed by atoms with E-state index in [0.717, 1.165) is 11.1 Å². The van der Waals surface area contributed by atoms with E-state index in [9.17, 15) is 29.4 Å². The van der Waals surface area contributed by atoms with Gasteiger partial charge in [0.15, 0.2) is 0 Å². The van der Waals surface area contributed by atoms with Gasteiger partial charge in [-0.05, 0) is 108 Å². The van der Waals surface area contributed by atoms with Gasteiger partial charge in [0.25, 0.3) is 0 Å². The molecule has 2 N–H and O–H groups in total. The van der Waals surface area contributed by atoms with E-state index in [1.165, 1.54) is 9.80 Å². The van der Waals surface area contributed by atoms with Crippen LogP contribution >= 0.6 is 0 Å². The summed E-state index contributed by atoms with van der Waals surface area (Å²) in [7, 11) is 3.12. The number of carbonyl (C=O) groups excluding carboxylic acids is 2. The number of carbonyl (C=O) groups is 4. The lowest BCUT2D eigenvalue weighted by Crippen LogP contribution is -2.64. The molecule has 64 heavy (non-hydrogen) atoms. The average Bonchev–Trinajstić information content (AvgIpc) is 3.30. The summed E-state index contributed by atoms with van der Waals surface area (Å²) in [4.78, 5) is 59.0. The van der Waals surface area contributed by atoms with Crippen molar-refractivity contribution in [2.45, 2.75) is 25.9 Å². The largest absolute Gasteiger partial charge is 0.497 e. The van der Waals surface area contributed by atoms with Crippen LogP contribution in [0.2, 0.25) is 0 Å². The van der Waals surface area contributed by atoms with Crippen LogP contribution in [0.4, 0.5) is 0 Å². The second-order valence-corrected chi connectivity index (χ2v) is 15.6. The summed E-state index contributed by atoms with van der Waals surface area (Å²) in [6.45, 7) is 0.384. The smallest absolute Gasteiger partial charge is 0.308 e. The van der Waals surface area contributed by atoms with Crippen LogP contribution in [-0.2, 0) is 45.1 Å². The number of benzene rings is 6. The molecular weight excluding hydrogens is 813 g/mol. The van der Waals surface area contributed by atoms with E-state index < -0.39 is 47.4 Å². The van der Waals surface area contributed by atoms with Crippen LogP contribution in [0.1, 0.15) is 22.3 Å². The van der Waals surface area contributed by atoms with E-state index in [1.807, 2.05) is 97.1 Å². The minimum atomic E-state index is -1.59. The number of aliphatic carboxylic acids is 2. The molecule has 0 heterocycles. The molecule has 6 aromatic carbocycles. The average molecular weight is 863 g/mol. The van der Waals surface area contributed by atoms with Gasteiger partial charge in [-0.25, -0.2) is 0 Å². The lowest BCUT2D eigenvalue weighted by Gasteiger charge is -2.48. The molecule has 6 aromatic rings. The van der Waals surface area contributed by atoms with Gasteiger partial charge in [0.05, 0.1) is 37.9 Å². The van der Waals surface area contributed by atoms with Crippen LogP contribution in [-0.4, -0.2) is 71.1 Å². The summed E-state index contributed by atoms with van der Waals surface area (Å²) in [5.41, 5.74) is 3.16. The van der Waals surface area contributed by atoms with E-state index in [1.54, 1.807) is 74.9 Å². The Balaban J connectivity index is 1.15. The summed E-state index contributed by atoms with van der Waals surface area (Å²) in [5, 5.41) is 21.5. The van der Waals surface area contributed by atoms with Gasteiger partial charge < -0.3 is 39.0 Å². The third-order valence-electron chi connectivity index (χ3n) is 11.5. The number of nitrogens with zero attached hydrogens (tertiary/aromatic N) is 2. The molecule has 0 unspecified atom stereocenters. The van der Waals surface area contributed by atoms with Crippen LogP contribution < -0.4 is 18.9 Å². The maximum Gasteiger partial charge on any atom is 0.308 e. The molecule has 0 radical (unpaired) electrons. The molecule has 1 aliphatic carbocycles. The summed E-state index contributed by atoms with van der Waals surface area (Å²) < 4.78 is 22.7. The number of hydrogen-bond acceptors (Lipinski definition) is 8. The van der Waals surface area contributed by atoms with E-state index in [2.05, 4.69) is 0 Å². The topological polar surface area (TPSA) is 152 Å². The van der Waals surface area contributed by atoms with Gasteiger partial charge in [-0.1, -0.05) is 84.9 Å². The first-order valence-electron chi connectivity index (χ1n) is 21.0. The number of carboxylic acid groups (broad SMARTS) is 2. The molecule has 1 fully saturated rings. The minimum absolute atomic E-state index is 0.0544. The third kappa shape index (κ3) is 11.1. The standard InChI is InChI=1S/C52H50N2O10/c1-61-43-17-9-11-35(31-43)27-29-53(33-37-19-23-41(24-20-37)63-39-13-5-3-6-14-39)49(55)45-47(51(57)58)46(48(45)52(59)60)50(56)54(30-28-36-12-10-18-44(32-36)62-2)34-38-21-25-42(26-22-38)64-40-15-7-4-8-16-40/h3-26,31-32,45-48H,27-30,33-34H2,1-2H3,(H,57,58)(H,59,60). The lowest BCUT2D eigenvalue weighted by atomic mass is 9.55. The van der Waals surface area contributed by atoms with E-state index in [0.29, 0.717) is 58.5 Å². The number of carboxylic acids is 2. The predicted octanol–water partition coefficient (Wildman–Crippen LogP) is 8.78. The monoisotopic (exact) mass is 862 g/mol. The fraction of sp³-hybridized carbons (Fsp3) is 0.231. The highest BCUT2D eigenvalue weighted by molar-refractivity contribution is 5.99. The zero-order valence-corrected chi connectivity index (χ0v) is 35.6. The van der Waals surface area contributed by atoms with Crippen molar-refractivity contribution in [3.63, 3.8) is 0 Å². The van der Waals surface area contributed by atoms with Crippen molar-refractivity contribution in [3.8, 4) is 34.5 Å². The predicted molar refractivity (Wildman–Crippen MR) is 239 cm³/mol. The van der Waals surface area contributed by atoms with Crippen LogP contribution in [0, 0.1) is 23.7 Å². The molecule has 2 amide bonds. The second-order valence-electron chi connectivity index (χ2n) is 15.6. The molecule has 12 heteroatoms. The van der Waals surface area contributed by atoms with Crippen molar-refractivity contribution in [2.24, 2.45) is 23.7 Å². The molecule has 0 aliphatic heterocycles. The number of amides is 2. The van der Waals surface area contributed by atoms with Crippen molar-refractivity contribution in [2.75, 3.05) is 27.3 Å². The molecule has 0 atom stereocenters. The lowest BCUT2D eigenvalue weighted by molar-refractivity contribution is -0.187. The molecule has 1 aliphatic rings. The van der Waals surface area contributed by atoms with E-state index in [4.69, 9.17) is 18.9 Å². The maximum atomic E-state index is 14.8. The third-order valence-corrected chi connectivity index (χ3v) is 11.5. The van der Waals surface area contributed by atoms with E-state index in [-0.39, 0.29) is 26.2 Å².